The van der Waals surface area contributed by atoms with Crippen LogP contribution in [0, 0.1) is 0 Å². The molecule has 2 rings (SSSR count). The molecule has 0 heterocycles. The minimum absolute atomic E-state index is 0.757. The van der Waals surface area contributed by atoms with Crippen LogP contribution in [0.1, 0.15) is 5.56 Å². The van der Waals surface area contributed by atoms with E-state index in [0.29, 0.717) is 0 Å². The van der Waals surface area contributed by atoms with Gasteiger partial charge in [-0.25, -0.2) is 0 Å². The molecule has 0 aliphatic carbocycles. The Morgan fingerprint density at radius 3 is 2.68 bits per heavy atom. The molecule has 19 heavy (non-hydrogen) atoms. The molecular formula is C15H17BrN2O. The second kappa shape index (κ2) is 5.97. The van der Waals surface area contributed by atoms with E-state index in [0.717, 1.165) is 28.1 Å². The Kier molecular flexibility index (Phi) is 4.32. The van der Waals surface area contributed by atoms with E-state index in [1.54, 1.807) is 7.11 Å². The van der Waals surface area contributed by atoms with Crippen LogP contribution in [0.3, 0.4) is 0 Å². The maximum Gasteiger partial charge on any atom is 0.120 e. The standard InChI is InChI=1S/C15H17BrN2O/c1-18(12-4-3-5-13(9-12)19-2)10-11-6-7-15(17)14(16)8-11/h3-9H,10,17H2,1-2H3. The van der Waals surface area contributed by atoms with Crippen molar-refractivity contribution in [1.82, 2.24) is 0 Å². The Hall–Kier alpha value is -1.68. The lowest BCUT2D eigenvalue weighted by atomic mass is 10.2. The lowest BCUT2D eigenvalue weighted by Crippen LogP contribution is -2.16. The molecule has 0 saturated carbocycles. The lowest BCUT2D eigenvalue weighted by molar-refractivity contribution is 0.415. The molecule has 0 atom stereocenters. The maximum absolute atomic E-state index is 5.79. The van der Waals surface area contributed by atoms with Gasteiger partial charge in [0, 0.05) is 35.5 Å². The Morgan fingerprint density at radius 1 is 1.21 bits per heavy atom. The zero-order valence-corrected chi connectivity index (χ0v) is 12.6. The molecule has 3 nitrogen and oxygen atoms in total. The molecule has 0 amide bonds. The number of nitrogen functional groups attached to an aromatic ring is 1. The topological polar surface area (TPSA) is 38.5 Å². The summed E-state index contributed by atoms with van der Waals surface area (Å²) in [6.07, 6.45) is 0. The van der Waals surface area contributed by atoms with Crippen molar-refractivity contribution < 1.29 is 4.74 Å². The van der Waals surface area contributed by atoms with Gasteiger partial charge in [-0.05, 0) is 45.8 Å². The van der Waals surface area contributed by atoms with Gasteiger partial charge in [0.05, 0.1) is 7.11 Å². The van der Waals surface area contributed by atoms with Gasteiger partial charge in [0.15, 0.2) is 0 Å². The van der Waals surface area contributed by atoms with E-state index in [4.69, 9.17) is 10.5 Å². The van der Waals surface area contributed by atoms with Crippen molar-refractivity contribution in [3.05, 3.63) is 52.5 Å². The summed E-state index contributed by atoms with van der Waals surface area (Å²) in [4.78, 5) is 2.17. The number of anilines is 2. The summed E-state index contributed by atoms with van der Waals surface area (Å²) < 4.78 is 6.17. The van der Waals surface area contributed by atoms with E-state index < -0.39 is 0 Å². The van der Waals surface area contributed by atoms with Crippen LogP contribution in [0.15, 0.2) is 46.9 Å². The third kappa shape index (κ3) is 3.41. The monoisotopic (exact) mass is 320 g/mol. The number of hydrogen-bond donors (Lipinski definition) is 1. The normalized spacial score (nSPS) is 10.3. The third-order valence-electron chi connectivity index (χ3n) is 2.98. The van der Waals surface area contributed by atoms with Gasteiger partial charge in [0.1, 0.15) is 5.75 Å². The number of hydrogen-bond acceptors (Lipinski definition) is 3. The first-order chi connectivity index (χ1) is 9.10. The molecule has 100 valence electrons. The zero-order chi connectivity index (χ0) is 13.8. The molecule has 0 fully saturated rings. The van der Waals surface area contributed by atoms with Crippen molar-refractivity contribution in [2.24, 2.45) is 0 Å². The number of methoxy groups -OCH3 is 1. The summed E-state index contributed by atoms with van der Waals surface area (Å²) in [7, 11) is 3.73. The second-order valence-corrected chi connectivity index (χ2v) is 5.27. The Labute approximate surface area is 122 Å². The number of ether oxygens (including phenoxy) is 1. The van der Waals surface area contributed by atoms with Gasteiger partial charge in [-0.1, -0.05) is 12.1 Å². The van der Waals surface area contributed by atoms with Crippen LogP contribution < -0.4 is 15.4 Å². The van der Waals surface area contributed by atoms with Gasteiger partial charge >= 0.3 is 0 Å². The number of halogens is 1. The zero-order valence-electron chi connectivity index (χ0n) is 11.1. The van der Waals surface area contributed by atoms with Crippen LogP contribution in [-0.2, 0) is 6.54 Å². The Morgan fingerprint density at radius 2 is 2.00 bits per heavy atom. The summed E-state index contributed by atoms with van der Waals surface area (Å²) in [6, 6.07) is 14.0. The van der Waals surface area contributed by atoms with Gasteiger partial charge in [-0.15, -0.1) is 0 Å². The molecular weight excluding hydrogens is 304 g/mol. The molecule has 2 N–H and O–H groups in total. The van der Waals surface area contributed by atoms with Crippen molar-refractivity contribution >= 4 is 27.3 Å². The fourth-order valence-electron chi connectivity index (χ4n) is 1.88. The van der Waals surface area contributed by atoms with E-state index in [1.807, 2.05) is 36.4 Å². The average molecular weight is 321 g/mol. The molecule has 0 spiro atoms. The molecule has 0 aliphatic rings. The minimum atomic E-state index is 0.757. The predicted molar refractivity (Wildman–Crippen MR) is 83.7 cm³/mol. The largest absolute Gasteiger partial charge is 0.497 e. The van der Waals surface area contributed by atoms with Gasteiger partial charge in [0.2, 0.25) is 0 Å². The van der Waals surface area contributed by atoms with E-state index in [9.17, 15) is 0 Å². The van der Waals surface area contributed by atoms with Crippen molar-refractivity contribution in [1.29, 1.82) is 0 Å². The average Bonchev–Trinajstić information content (AvgIpc) is 2.43. The molecule has 0 unspecified atom stereocenters. The van der Waals surface area contributed by atoms with Gasteiger partial charge < -0.3 is 15.4 Å². The Balaban J connectivity index is 2.15. The van der Waals surface area contributed by atoms with E-state index in [1.165, 1.54) is 5.56 Å². The van der Waals surface area contributed by atoms with Crippen molar-refractivity contribution in [3.63, 3.8) is 0 Å². The highest BCUT2D eigenvalue weighted by atomic mass is 79.9. The van der Waals surface area contributed by atoms with Crippen LogP contribution in [0.5, 0.6) is 5.75 Å². The lowest BCUT2D eigenvalue weighted by Gasteiger charge is -2.20. The van der Waals surface area contributed by atoms with Crippen LogP contribution in [0.25, 0.3) is 0 Å². The molecule has 0 aliphatic heterocycles. The fraction of sp³-hybridized carbons (Fsp3) is 0.200. The van der Waals surface area contributed by atoms with Crippen molar-refractivity contribution in [3.8, 4) is 5.75 Å². The first kappa shape index (κ1) is 13.7. The molecule has 4 heteroatoms. The van der Waals surface area contributed by atoms with Crippen LogP contribution in [0.2, 0.25) is 0 Å². The van der Waals surface area contributed by atoms with Crippen LogP contribution in [-0.4, -0.2) is 14.2 Å². The molecule has 0 saturated heterocycles. The smallest absolute Gasteiger partial charge is 0.120 e. The molecule has 0 bridgehead atoms. The van der Waals surface area contributed by atoms with E-state index in [2.05, 4.69) is 33.9 Å². The van der Waals surface area contributed by atoms with E-state index >= 15 is 0 Å². The van der Waals surface area contributed by atoms with Crippen molar-refractivity contribution in [2.45, 2.75) is 6.54 Å². The Bertz CT molecular complexity index is 572. The van der Waals surface area contributed by atoms with Crippen LogP contribution >= 0.6 is 15.9 Å². The molecule has 2 aromatic carbocycles. The van der Waals surface area contributed by atoms with Gasteiger partial charge in [0.25, 0.3) is 0 Å². The van der Waals surface area contributed by atoms with Crippen LogP contribution in [0.4, 0.5) is 11.4 Å². The molecule has 0 radical (unpaired) electrons. The SMILES string of the molecule is COc1cccc(N(C)Cc2ccc(N)c(Br)c2)c1. The van der Waals surface area contributed by atoms with Gasteiger partial charge in [-0.3, -0.25) is 0 Å². The summed E-state index contributed by atoms with van der Waals surface area (Å²) in [5, 5.41) is 0. The summed E-state index contributed by atoms with van der Waals surface area (Å²) >= 11 is 3.45. The highest BCUT2D eigenvalue weighted by Crippen LogP contribution is 2.24. The number of benzene rings is 2. The molecule has 0 aromatic heterocycles. The fourth-order valence-corrected chi connectivity index (χ4v) is 2.31. The predicted octanol–water partition coefficient (Wildman–Crippen LogP) is 3.68. The maximum atomic E-state index is 5.79. The molecule has 2 aromatic rings. The van der Waals surface area contributed by atoms with Crippen molar-refractivity contribution in [2.75, 3.05) is 24.8 Å². The summed E-state index contributed by atoms with van der Waals surface area (Å²) in [5.41, 5.74) is 8.87. The third-order valence-corrected chi connectivity index (χ3v) is 3.67. The number of rotatable bonds is 4. The number of nitrogens with zero attached hydrogens (tertiary/aromatic N) is 1. The minimum Gasteiger partial charge on any atom is -0.497 e. The first-order valence-electron chi connectivity index (χ1n) is 5.99. The second-order valence-electron chi connectivity index (χ2n) is 4.41. The summed E-state index contributed by atoms with van der Waals surface area (Å²) in [6.45, 7) is 0.812. The summed E-state index contributed by atoms with van der Waals surface area (Å²) in [5.74, 6) is 0.864. The highest BCUT2D eigenvalue weighted by molar-refractivity contribution is 9.10. The van der Waals surface area contributed by atoms with Gasteiger partial charge in [-0.2, -0.15) is 0 Å². The highest BCUT2D eigenvalue weighted by Gasteiger charge is 2.05. The first-order valence-corrected chi connectivity index (χ1v) is 6.78. The number of nitrogens with two attached hydrogens (primary N) is 1. The van der Waals surface area contributed by atoms with E-state index in [-0.39, 0.29) is 0 Å². The quantitative estimate of drug-likeness (QED) is 0.873.